The zero-order valence-electron chi connectivity index (χ0n) is 10.8. The Morgan fingerprint density at radius 3 is 2.41 bits per heavy atom. The van der Waals surface area contributed by atoms with Gasteiger partial charge in [-0.3, -0.25) is 4.79 Å². The van der Waals surface area contributed by atoms with Crippen molar-refractivity contribution in [2.45, 2.75) is 33.7 Å². The van der Waals surface area contributed by atoms with E-state index in [-0.39, 0.29) is 11.9 Å². The fourth-order valence-electron chi connectivity index (χ4n) is 1.18. The van der Waals surface area contributed by atoms with Crippen molar-refractivity contribution in [3.63, 3.8) is 0 Å². The number of aromatic nitrogens is 2. The molecule has 0 aliphatic heterocycles. The van der Waals surface area contributed by atoms with Crippen LogP contribution in [0.25, 0.3) is 0 Å². The summed E-state index contributed by atoms with van der Waals surface area (Å²) < 4.78 is 0. The molecule has 0 saturated heterocycles. The molecule has 1 heterocycles. The van der Waals surface area contributed by atoms with E-state index < -0.39 is 0 Å². The van der Waals surface area contributed by atoms with Crippen molar-refractivity contribution in [3.05, 3.63) is 18.0 Å². The molecule has 0 aromatic carbocycles. The van der Waals surface area contributed by atoms with Gasteiger partial charge in [-0.25, -0.2) is 9.97 Å². The number of rotatable bonds is 5. The first kappa shape index (κ1) is 13.4. The quantitative estimate of drug-likeness (QED) is 0.810. The number of hydrogen-bond donors (Lipinski definition) is 2. The minimum absolute atomic E-state index is 0.0390. The largest absolute Gasteiger partial charge is 0.354 e. The smallest absolute Gasteiger partial charge is 0.242 e. The van der Waals surface area contributed by atoms with Crippen molar-refractivity contribution < 1.29 is 4.79 Å². The normalized spacial score (nSPS) is 12.3. The molecule has 0 fully saturated rings. The molecule has 0 aliphatic carbocycles. The Bertz CT molecular complexity index is 361. The molecule has 0 bridgehead atoms. The fraction of sp³-hybridized carbons (Fsp3) is 0.583. The molecule has 17 heavy (non-hydrogen) atoms. The lowest BCUT2D eigenvalue weighted by Crippen LogP contribution is -2.39. The first-order valence-corrected chi connectivity index (χ1v) is 5.82. The van der Waals surface area contributed by atoms with Crippen LogP contribution in [-0.2, 0) is 4.79 Å². The number of anilines is 1. The highest BCUT2D eigenvalue weighted by atomic mass is 16.2. The van der Waals surface area contributed by atoms with Crippen LogP contribution in [-0.4, -0.2) is 28.5 Å². The first-order valence-electron chi connectivity index (χ1n) is 5.82. The van der Waals surface area contributed by atoms with Gasteiger partial charge in [0, 0.05) is 18.9 Å². The summed E-state index contributed by atoms with van der Waals surface area (Å²) in [5.41, 5.74) is 0.993. The van der Waals surface area contributed by atoms with E-state index in [0.717, 1.165) is 5.56 Å². The number of nitrogens with one attached hydrogen (secondary N) is 2. The molecule has 1 rings (SSSR count). The van der Waals surface area contributed by atoms with Gasteiger partial charge >= 0.3 is 0 Å². The average molecular weight is 236 g/mol. The monoisotopic (exact) mass is 236 g/mol. The summed E-state index contributed by atoms with van der Waals surface area (Å²) in [7, 11) is 0. The maximum atomic E-state index is 11.7. The van der Waals surface area contributed by atoms with Crippen LogP contribution >= 0.6 is 0 Å². The van der Waals surface area contributed by atoms with Crippen molar-refractivity contribution >= 4 is 11.9 Å². The van der Waals surface area contributed by atoms with Crippen molar-refractivity contribution in [3.8, 4) is 0 Å². The van der Waals surface area contributed by atoms with Gasteiger partial charge in [0.15, 0.2) is 0 Å². The minimum atomic E-state index is -0.337. The van der Waals surface area contributed by atoms with Crippen LogP contribution in [0.2, 0.25) is 0 Å². The van der Waals surface area contributed by atoms with Crippen LogP contribution in [0, 0.1) is 12.8 Å². The van der Waals surface area contributed by atoms with E-state index in [2.05, 4.69) is 34.4 Å². The second-order valence-electron chi connectivity index (χ2n) is 4.59. The van der Waals surface area contributed by atoms with E-state index in [0.29, 0.717) is 18.4 Å². The Hall–Kier alpha value is -1.65. The maximum Gasteiger partial charge on any atom is 0.242 e. The standard InChI is InChI=1S/C12H20N4O/c1-8(2)5-13-11(17)10(4)16-12-14-6-9(3)7-15-12/h6-8,10H,5H2,1-4H3,(H,13,17)(H,14,15,16). The molecular formula is C12H20N4O. The molecule has 0 spiro atoms. The molecule has 1 atom stereocenters. The van der Waals surface area contributed by atoms with Gasteiger partial charge in [-0.15, -0.1) is 0 Å². The Labute approximate surface area is 102 Å². The molecule has 1 aromatic heterocycles. The molecule has 1 amide bonds. The van der Waals surface area contributed by atoms with Crippen LogP contribution in [0.1, 0.15) is 26.3 Å². The highest BCUT2D eigenvalue weighted by Crippen LogP contribution is 2.01. The molecule has 94 valence electrons. The van der Waals surface area contributed by atoms with Gasteiger partial charge in [0.05, 0.1) is 0 Å². The lowest BCUT2D eigenvalue weighted by atomic mass is 10.2. The lowest BCUT2D eigenvalue weighted by molar-refractivity contribution is -0.121. The van der Waals surface area contributed by atoms with Crippen LogP contribution in [0.4, 0.5) is 5.95 Å². The molecule has 2 N–H and O–H groups in total. The maximum absolute atomic E-state index is 11.7. The van der Waals surface area contributed by atoms with Gasteiger partial charge in [0.2, 0.25) is 11.9 Å². The molecule has 0 radical (unpaired) electrons. The summed E-state index contributed by atoms with van der Waals surface area (Å²) in [4.78, 5) is 19.9. The topological polar surface area (TPSA) is 66.9 Å². The molecule has 5 nitrogen and oxygen atoms in total. The van der Waals surface area contributed by atoms with Gasteiger partial charge in [-0.2, -0.15) is 0 Å². The van der Waals surface area contributed by atoms with E-state index in [4.69, 9.17) is 0 Å². The molecule has 0 aliphatic rings. The van der Waals surface area contributed by atoms with Crippen LogP contribution in [0.15, 0.2) is 12.4 Å². The summed E-state index contributed by atoms with van der Waals surface area (Å²) in [6, 6.07) is -0.337. The first-order chi connectivity index (χ1) is 7.99. The lowest BCUT2D eigenvalue weighted by Gasteiger charge is -2.14. The van der Waals surface area contributed by atoms with Crippen LogP contribution in [0.3, 0.4) is 0 Å². The zero-order valence-corrected chi connectivity index (χ0v) is 10.8. The molecule has 1 unspecified atom stereocenters. The number of amides is 1. The van der Waals surface area contributed by atoms with Gasteiger partial charge in [0.25, 0.3) is 0 Å². The van der Waals surface area contributed by atoms with Gasteiger partial charge in [0.1, 0.15) is 6.04 Å². The third-order valence-electron chi connectivity index (χ3n) is 2.20. The van der Waals surface area contributed by atoms with Gasteiger partial charge in [-0.05, 0) is 25.3 Å². The SMILES string of the molecule is Cc1cnc(NC(C)C(=O)NCC(C)C)nc1. The van der Waals surface area contributed by atoms with Crippen LogP contribution < -0.4 is 10.6 Å². The predicted molar refractivity (Wildman–Crippen MR) is 67.7 cm³/mol. The number of aryl methyl sites for hydroxylation is 1. The predicted octanol–water partition coefficient (Wildman–Crippen LogP) is 1.36. The van der Waals surface area contributed by atoms with E-state index in [1.165, 1.54) is 0 Å². The highest BCUT2D eigenvalue weighted by molar-refractivity contribution is 5.83. The Kier molecular flexibility index (Phi) is 4.87. The Balaban J connectivity index is 2.45. The fourth-order valence-corrected chi connectivity index (χ4v) is 1.18. The number of hydrogen-bond acceptors (Lipinski definition) is 4. The third-order valence-corrected chi connectivity index (χ3v) is 2.20. The zero-order chi connectivity index (χ0) is 12.8. The number of carbonyl (C=O) groups is 1. The third kappa shape index (κ3) is 4.80. The van der Waals surface area contributed by atoms with E-state index in [9.17, 15) is 4.79 Å². The number of carbonyl (C=O) groups excluding carboxylic acids is 1. The van der Waals surface area contributed by atoms with E-state index in [1.54, 1.807) is 19.3 Å². The Morgan fingerprint density at radius 1 is 1.29 bits per heavy atom. The molecule has 1 aromatic rings. The summed E-state index contributed by atoms with van der Waals surface area (Å²) in [6.45, 7) is 8.50. The summed E-state index contributed by atoms with van der Waals surface area (Å²) >= 11 is 0. The van der Waals surface area contributed by atoms with Gasteiger partial charge in [-0.1, -0.05) is 13.8 Å². The minimum Gasteiger partial charge on any atom is -0.354 e. The second-order valence-corrected chi connectivity index (χ2v) is 4.59. The average Bonchev–Trinajstić information content (AvgIpc) is 2.28. The Morgan fingerprint density at radius 2 is 1.88 bits per heavy atom. The highest BCUT2D eigenvalue weighted by Gasteiger charge is 2.13. The second kappa shape index (κ2) is 6.18. The van der Waals surface area contributed by atoms with E-state index >= 15 is 0 Å². The molecule has 5 heteroatoms. The van der Waals surface area contributed by atoms with Crippen molar-refractivity contribution in [1.82, 2.24) is 15.3 Å². The molecular weight excluding hydrogens is 216 g/mol. The molecule has 0 saturated carbocycles. The van der Waals surface area contributed by atoms with Crippen molar-refractivity contribution in [1.29, 1.82) is 0 Å². The summed E-state index contributed by atoms with van der Waals surface area (Å²) in [5.74, 6) is 0.882. The summed E-state index contributed by atoms with van der Waals surface area (Å²) in [5, 5.41) is 5.81. The van der Waals surface area contributed by atoms with Crippen molar-refractivity contribution in [2.75, 3.05) is 11.9 Å². The summed E-state index contributed by atoms with van der Waals surface area (Å²) in [6.07, 6.45) is 3.43. The van der Waals surface area contributed by atoms with Gasteiger partial charge < -0.3 is 10.6 Å². The van der Waals surface area contributed by atoms with Crippen molar-refractivity contribution in [2.24, 2.45) is 5.92 Å². The van der Waals surface area contributed by atoms with Crippen LogP contribution in [0.5, 0.6) is 0 Å². The van der Waals surface area contributed by atoms with E-state index in [1.807, 2.05) is 6.92 Å². The number of nitrogens with zero attached hydrogens (tertiary/aromatic N) is 2.